The number of benzene rings is 1. The fraction of sp³-hybridized carbons (Fsp3) is 0.645. The predicted molar refractivity (Wildman–Crippen MR) is 151 cm³/mol. The van der Waals surface area contributed by atoms with E-state index in [0.29, 0.717) is 30.1 Å². The van der Waals surface area contributed by atoms with Gasteiger partial charge in [0.05, 0.1) is 5.56 Å². The van der Waals surface area contributed by atoms with Crippen LogP contribution in [0.25, 0.3) is 0 Å². The van der Waals surface area contributed by atoms with Gasteiger partial charge in [-0.15, -0.1) is 0 Å². The second-order valence-electron chi connectivity index (χ2n) is 12.4. The van der Waals surface area contributed by atoms with Crippen molar-refractivity contribution in [2.75, 3.05) is 37.8 Å². The molecule has 5 atom stereocenters. The minimum Gasteiger partial charge on any atom is -0.398 e. The van der Waals surface area contributed by atoms with Gasteiger partial charge in [-0.3, -0.25) is 4.90 Å². The number of anilines is 2. The van der Waals surface area contributed by atoms with Gasteiger partial charge in [0.1, 0.15) is 23.9 Å². The lowest BCUT2D eigenvalue weighted by Crippen LogP contribution is -2.38. The van der Waals surface area contributed by atoms with Gasteiger partial charge in [0.15, 0.2) is 0 Å². The molecule has 2 fully saturated rings. The number of halogens is 1. The van der Waals surface area contributed by atoms with E-state index in [1.54, 1.807) is 0 Å². The maximum atomic E-state index is 14.3. The lowest BCUT2D eigenvalue weighted by molar-refractivity contribution is 0.181. The molecular formula is C31H43FN6. The minimum atomic E-state index is -0.705. The van der Waals surface area contributed by atoms with E-state index in [2.05, 4.69) is 56.8 Å². The number of nitrogen functional groups attached to an aromatic ring is 1. The molecule has 0 spiro atoms. The van der Waals surface area contributed by atoms with Gasteiger partial charge in [-0.05, 0) is 93.4 Å². The average Bonchev–Trinajstić information content (AvgIpc) is 3.39. The summed E-state index contributed by atoms with van der Waals surface area (Å²) in [5.41, 5.74) is 12.1. The maximum Gasteiger partial charge on any atom is 0.135 e. The topological polar surface area (TPSA) is 82.1 Å². The summed E-state index contributed by atoms with van der Waals surface area (Å²) >= 11 is 0. The Hall–Kier alpha value is -2.72. The molecule has 3 aliphatic rings. The van der Waals surface area contributed by atoms with Crippen molar-refractivity contribution >= 4 is 11.5 Å². The van der Waals surface area contributed by atoms with Gasteiger partial charge in [0.25, 0.3) is 0 Å². The van der Waals surface area contributed by atoms with E-state index in [0.717, 1.165) is 74.4 Å². The van der Waals surface area contributed by atoms with Crippen molar-refractivity contribution < 1.29 is 4.39 Å². The molecule has 6 nitrogen and oxygen atoms in total. The Morgan fingerprint density at radius 3 is 2.82 bits per heavy atom. The first-order valence-electron chi connectivity index (χ1n) is 14.4. The van der Waals surface area contributed by atoms with E-state index < -0.39 is 6.17 Å². The van der Waals surface area contributed by atoms with Crippen molar-refractivity contribution in [3.05, 3.63) is 45.9 Å². The maximum absolute atomic E-state index is 14.3. The molecule has 1 aromatic heterocycles. The molecule has 3 unspecified atom stereocenters. The summed E-state index contributed by atoms with van der Waals surface area (Å²) in [6.45, 7) is 8.22. The zero-order valence-electron chi connectivity index (χ0n) is 23.7. The van der Waals surface area contributed by atoms with Gasteiger partial charge in [-0.1, -0.05) is 19.9 Å². The first kappa shape index (κ1) is 26.9. The summed E-state index contributed by atoms with van der Waals surface area (Å²) in [4.78, 5) is 14.6. The molecule has 5 rings (SSSR count). The molecule has 38 heavy (non-hydrogen) atoms. The Morgan fingerprint density at radius 1 is 1.29 bits per heavy atom. The molecule has 204 valence electrons. The van der Waals surface area contributed by atoms with E-state index in [1.165, 1.54) is 11.1 Å². The lowest BCUT2D eigenvalue weighted by atomic mass is 9.71. The van der Waals surface area contributed by atoms with Crippen LogP contribution in [0.1, 0.15) is 110 Å². The zero-order chi connectivity index (χ0) is 27.2. The van der Waals surface area contributed by atoms with Crippen LogP contribution < -0.4 is 10.6 Å². The molecular weight excluding hydrogens is 475 g/mol. The van der Waals surface area contributed by atoms with Gasteiger partial charge in [-0.2, -0.15) is 5.26 Å². The quantitative estimate of drug-likeness (QED) is 0.454. The van der Waals surface area contributed by atoms with Crippen molar-refractivity contribution in [2.45, 2.75) is 102 Å². The molecule has 3 heterocycles. The number of aromatic nitrogens is 2. The minimum absolute atomic E-state index is 0.00721. The lowest BCUT2D eigenvalue weighted by Gasteiger charge is -2.33. The number of aryl methyl sites for hydroxylation is 2. The molecule has 7 heteroatoms. The van der Waals surface area contributed by atoms with Crippen molar-refractivity contribution in [1.29, 1.82) is 5.26 Å². The summed E-state index contributed by atoms with van der Waals surface area (Å²) in [5, 5.41) is 9.94. The number of fused-ring (bicyclic) bond motifs is 2. The van der Waals surface area contributed by atoms with Crippen LogP contribution in [0.15, 0.2) is 12.1 Å². The Bertz CT molecular complexity index is 1240. The monoisotopic (exact) mass is 518 g/mol. The van der Waals surface area contributed by atoms with Crippen LogP contribution in [0, 0.1) is 18.3 Å². The third-order valence-electron chi connectivity index (χ3n) is 9.60. The Morgan fingerprint density at radius 2 is 2.08 bits per heavy atom. The fourth-order valence-corrected chi connectivity index (χ4v) is 7.79. The second-order valence-corrected chi connectivity index (χ2v) is 12.4. The number of hydrogen-bond donors (Lipinski definition) is 1. The van der Waals surface area contributed by atoms with Crippen LogP contribution in [0.4, 0.5) is 15.9 Å². The van der Waals surface area contributed by atoms with E-state index in [9.17, 15) is 9.65 Å². The number of hydrogen-bond acceptors (Lipinski definition) is 6. The third-order valence-corrected chi connectivity index (χ3v) is 9.60. The molecule has 2 aliphatic heterocycles. The largest absolute Gasteiger partial charge is 0.398 e. The van der Waals surface area contributed by atoms with Crippen LogP contribution in [-0.4, -0.2) is 53.8 Å². The van der Waals surface area contributed by atoms with Crippen molar-refractivity contribution in [3.8, 4) is 6.07 Å². The molecule has 0 amide bonds. The van der Waals surface area contributed by atoms with Gasteiger partial charge in [-0.25, -0.2) is 14.4 Å². The summed E-state index contributed by atoms with van der Waals surface area (Å²) in [6.07, 6.45) is 6.99. The third kappa shape index (κ3) is 4.77. The van der Waals surface area contributed by atoms with E-state index >= 15 is 0 Å². The SMILES string of the molecule is Cc1nc(CC[C@@]23CCCN2CC(F)C3)nc(N(C)C)c1C(C)CC1CC[C@H](C)c2ccc(N)c(C#N)c21. The summed E-state index contributed by atoms with van der Waals surface area (Å²) in [5.74, 6) is 2.79. The molecule has 2 N–H and O–H groups in total. The van der Waals surface area contributed by atoms with Gasteiger partial charge in [0.2, 0.25) is 0 Å². The van der Waals surface area contributed by atoms with Crippen LogP contribution in [0.3, 0.4) is 0 Å². The number of nitrogens with zero attached hydrogens (tertiary/aromatic N) is 5. The molecule has 1 aliphatic carbocycles. The Balaban J connectivity index is 1.40. The summed E-state index contributed by atoms with van der Waals surface area (Å²) in [7, 11) is 4.10. The molecule has 0 saturated carbocycles. The van der Waals surface area contributed by atoms with Crippen LogP contribution in [-0.2, 0) is 6.42 Å². The fourth-order valence-electron chi connectivity index (χ4n) is 7.79. The molecule has 2 aromatic rings. The number of rotatable bonds is 7. The van der Waals surface area contributed by atoms with Gasteiger partial charge >= 0.3 is 0 Å². The normalized spacial score (nSPS) is 27.6. The highest BCUT2D eigenvalue weighted by Crippen LogP contribution is 2.47. The number of nitrogens with two attached hydrogens (primary N) is 1. The highest BCUT2D eigenvalue weighted by molar-refractivity contribution is 5.62. The molecule has 1 aromatic carbocycles. The van der Waals surface area contributed by atoms with E-state index in [4.69, 9.17) is 15.7 Å². The summed E-state index contributed by atoms with van der Waals surface area (Å²) in [6, 6.07) is 6.43. The first-order valence-corrected chi connectivity index (χ1v) is 14.4. The van der Waals surface area contributed by atoms with Crippen LogP contribution in [0.2, 0.25) is 0 Å². The van der Waals surface area contributed by atoms with Crippen molar-refractivity contribution in [3.63, 3.8) is 0 Å². The molecule has 0 radical (unpaired) electrons. The highest BCUT2D eigenvalue weighted by atomic mass is 19.1. The van der Waals surface area contributed by atoms with Crippen molar-refractivity contribution in [1.82, 2.24) is 14.9 Å². The van der Waals surface area contributed by atoms with Crippen LogP contribution in [0.5, 0.6) is 0 Å². The standard InChI is InChI=1S/C31H43FN6/c1-19-7-8-22(29-24(19)9-10-26(34)25(29)17-33)15-20(2)28-21(3)35-27(36-30(28)37(4)5)11-13-31-12-6-14-38(31)18-23(32)16-31/h9-10,19-20,22-23H,6-8,11-16,18,34H2,1-5H3/t19-,20?,22?,23?,31+/m0/s1. The first-order chi connectivity index (χ1) is 18.1. The Kier molecular flexibility index (Phi) is 7.39. The molecule has 2 saturated heterocycles. The zero-order valence-corrected chi connectivity index (χ0v) is 23.7. The van der Waals surface area contributed by atoms with E-state index in [-0.39, 0.29) is 17.4 Å². The predicted octanol–water partition coefficient (Wildman–Crippen LogP) is 5.99. The second kappa shape index (κ2) is 10.4. The van der Waals surface area contributed by atoms with E-state index in [1.807, 2.05) is 6.07 Å². The Labute approximate surface area is 227 Å². The number of nitriles is 1. The molecule has 0 bridgehead atoms. The summed E-state index contributed by atoms with van der Waals surface area (Å²) < 4.78 is 14.3. The smallest absolute Gasteiger partial charge is 0.135 e. The number of alkyl halides is 1. The van der Waals surface area contributed by atoms with Crippen molar-refractivity contribution in [2.24, 2.45) is 0 Å². The van der Waals surface area contributed by atoms with Gasteiger partial charge in [0, 0.05) is 49.5 Å². The average molecular weight is 519 g/mol. The van der Waals surface area contributed by atoms with Crippen LogP contribution >= 0.6 is 0 Å². The highest BCUT2D eigenvalue weighted by Gasteiger charge is 2.48. The van der Waals surface area contributed by atoms with Gasteiger partial charge < -0.3 is 10.6 Å².